The first-order valence-electron chi connectivity index (χ1n) is 12.5. The molecule has 1 amide bonds. The number of aryl methyl sites for hydroxylation is 1. The van der Waals surface area contributed by atoms with Crippen molar-refractivity contribution in [3.05, 3.63) is 66.5 Å². The van der Waals surface area contributed by atoms with Crippen molar-refractivity contribution >= 4 is 40.0 Å². The molecule has 202 valence electrons. The molecule has 3 aromatic heterocycles. The second-order valence-electron chi connectivity index (χ2n) is 9.23. The fourth-order valence-electron chi connectivity index (χ4n) is 5.04. The molecule has 6 rings (SSSR count). The van der Waals surface area contributed by atoms with E-state index in [4.69, 9.17) is 15.2 Å². The number of rotatable bonds is 6. The Labute approximate surface area is 228 Å². The van der Waals surface area contributed by atoms with Crippen LogP contribution in [0, 0.1) is 12.7 Å². The van der Waals surface area contributed by atoms with Gasteiger partial charge in [-0.3, -0.25) is 4.79 Å². The first kappa shape index (κ1) is 25.0. The van der Waals surface area contributed by atoms with Crippen molar-refractivity contribution in [2.24, 2.45) is 0 Å². The van der Waals surface area contributed by atoms with E-state index < -0.39 is 5.82 Å². The molecule has 12 heteroatoms. The zero-order chi connectivity index (χ0) is 28.0. The molecule has 0 fully saturated rings. The Kier molecular flexibility index (Phi) is 6.14. The molecule has 3 N–H and O–H groups in total. The van der Waals surface area contributed by atoms with Crippen LogP contribution in [0.5, 0.6) is 17.5 Å². The third kappa shape index (κ3) is 4.19. The van der Waals surface area contributed by atoms with Crippen LogP contribution in [0.3, 0.4) is 0 Å². The van der Waals surface area contributed by atoms with Crippen LogP contribution in [0.2, 0.25) is 0 Å². The summed E-state index contributed by atoms with van der Waals surface area (Å²) in [6.45, 7) is 4.40. The van der Waals surface area contributed by atoms with Gasteiger partial charge in [0.2, 0.25) is 5.91 Å². The van der Waals surface area contributed by atoms with Crippen LogP contribution < -0.4 is 25.4 Å². The second kappa shape index (κ2) is 9.80. The van der Waals surface area contributed by atoms with Crippen LogP contribution in [-0.4, -0.2) is 44.1 Å². The summed E-state index contributed by atoms with van der Waals surface area (Å²) in [5, 5.41) is 3.42. The molecule has 4 heterocycles. The number of fused-ring (bicyclic) bond motifs is 3. The number of halogens is 1. The van der Waals surface area contributed by atoms with Crippen LogP contribution >= 0.6 is 0 Å². The van der Waals surface area contributed by atoms with Crippen molar-refractivity contribution in [2.75, 3.05) is 29.6 Å². The molecule has 1 aliphatic heterocycles. The number of hydrogen-bond donors (Lipinski definition) is 2. The van der Waals surface area contributed by atoms with Gasteiger partial charge >= 0.3 is 6.01 Å². The Hall–Kier alpha value is -5.26. The van der Waals surface area contributed by atoms with Gasteiger partial charge in [0.15, 0.2) is 17.3 Å². The van der Waals surface area contributed by atoms with E-state index in [1.165, 1.54) is 25.4 Å². The summed E-state index contributed by atoms with van der Waals surface area (Å²) in [5.74, 6) is 0.685. The summed E-state index contributed by atoms with van der Waals surface area (Å²) in [4.78, 5) is 30.8. The van der Waals surface area contributed by atoms with Gasteiger partial charge < -0.3 is 30.0 Å². The van der Waals surface area contributed by atoms with Crippen LogP contribution in [0.25, 0.3) is 22.2 Å². The number of carbonyl (C=O) groups excluding carboxylic acids is 1. The Balaban J connectivity index is 1.51. The highest BCUT2D eigenvalue weighted by molar-refractivity contribution is 6.08. The molecule has 1 aliphatic rings. The van der Waals surface area contributed by atoms with Gasteiger partial charge in [0.25, 0.3) is 0 Å². The SMILES string of the molecule is COc1c(NC(C)=O)cccc1N1CCn2c1c(-c1ccc(Oc3nccc(C)n3)c(F)c1)c1c(N)ncnc12. The van der Waals surface area contributed by atoms with Gasteiger partial charge in [-0.1, -0.05) is 12.1 Å². The topological polar surface area (TPSA) is 133 Å². The smallest absolute Gasteiger partial charge is 0.322 e. The molecule has 0 spiro atoms. The lowest BCUT2D eigenvalue weighted by molar-refractivity contribution is -0.114. The number of nitrogens with one attached hydrogen (secondary N) is 1. The number of ether oxygens (including phenoxy) is 2. The highest BCUT2D eigenvalue weighted by Crippen LogP contribution is 2.49. The van der Waals surface area contributed by atoms with E-state index in [1.54, 1.807) is 38.4 Å². The predicted molar refractivity (Wildman–Crippen MR) is 148 cm³/mol. The normalized spacial score (nSPS) is 12.4. The summed E-state index contributed by atoms with van der Waals surface area (Å²) >= 11 is 0. The van der Waals surface area contributed by atoms with Crippen LogP contribution in [-0.2, 0) is 11.3 Å². The molecule has 0 radical (unpaired) electrons. The third-order valence-corrected chi connectivity index (χ3v) is 6.64. The van der Waals surface area contributed by atoms with Gasteiger partial charge in [-0.2, -0.15) is 0 Å². The number of aromatic nitrogens is 5. The molecule has 0 aliphatic carbocycles. The number of hydrogen-bond acceptors (Lipinski definition) is 9. The Morgan fingerprint density at radius 3 is 2.73 bits per heavy atom. The molecule has 0 atom stereocenters. The van der Waals surface area contributed by atoms with Crippen molar-refractivity contribution in [3.8, 4) is 28.6 Å². The number of nitrogens with zero attached hydrogens (tertiary/aromatic N) is 6. The molecule has 0 bridgehead atoms. The van der Waals surface area contributed by atoms with Crippen molar-refractivity contribution < 1.29 is 18.7 Å². The van der Waals surface area contributed by atoms with Crippen LogP contribution in [0.1, 0.15) is 12.6 Å². The number of carbonyl (C=O) groups is 1. The zero-order valence-electron chi connectivity index (χ0n) is 22.0. The lowest BCUT2D eigenvalue weighted by Crippen LogP contribution is -2.16. The zero-order valence-corrected chi connectivity index (χ0v) is 22.0. The maximum Gasteiger partial charge on any atom is 0.322 e. The van der Waals surface area contributed by atoms with Gasteiger partial charge in [-0.05, 0) is 42.8 Å². The molecule has 0 saturated carbocycles. The van der Waals surface area contributed by atoms with Crippen molar-refractivity contribution in [1.29, 1.82) is 0 Å². The lowest BCUT2D eigenvalue weighted by atomic mass is 10.0. The van der Waals surface area contributed by atoms with Crippen LogP contribution in [0.15, 0.2) is 55.0 Å². The molecule has 0 unspecified atom stereocenters. The second-order valence-corrected chi connectivity index (χ2v) is 9.23. The molecule has 2 aromatic carbocycles. The lowest BCUT2D eigenvalue weighted by Gasteiger charge is -2.24. The first-order chi connectivity index (χ1) is 19.4. The van der Waals surface area contributed by atoms with E-state index in [0.717, 1.165) is 11.5 Å². The number of methoxy groups -OCH3 is 1. The van der Waals surface area contributed by atoms with Crippen molar-refractivity contribution in [2.45, 2.75) is 20.4 Å². The van der Waals surface area contributed by atoms with E-state index in [2.05, 4.69) is 25.3 Å². The highest BCUT2D eigenvalue weighted by Gasteiger charge is 2.33. The van der Waals surface area contributed by atoms with Crippen molar-refractivity contribution in [3.63, 3.8) is 0 Å². The monoisotopic (exact) mass is 540 g/mol. The summed E-state index contributed by atoms with van der Waals surface area (Å²) in [7, 11) is 1.55. The summed E-state index contributed by atoms with van der Waals surface area (Å²) in [6, 6.07) is 11.9. The maximum absolute atomic E-state index is 15.5. The van der Waals surface area contributed by atoms with E-state index in [9.17, 15) is 4.79 Å². The summed E-state index contributed by atoms with van der Waals surface area (Å²) in [5.41, 5.74) is 10.2. The van der Waals surface area contributed by atoms with E-state index in [1.807, 2.05) is 21.6 Å². The number of benzene rings is 2. The highest BCUT2D eigenvalue weighted by atomic mass is 19.1. The minimum absolute atomic E-state index is 0.0136. The number of anilines is 4. The van der Waals surface area contributed by atoms with Gasteiger partial charge in [-0.15, -0.1) is 0 Å². The van der Waals surface area contributed by atoms with Gasteiger partial charge in [0.05, 0.1) is 23.9 Å². The standard InChI is InChI=1S/C28H25FN8O3/c1-15-9-10-31-28(34-15)40-21-8-7-17(13-18(21)29)22-23-25(30)32-14-33-26(23)37-12-11-36(27(22)37)20-6-4-5-19(24(20)39-3)35-16(2)38/h4-10,13-14H,11-12H2,1-3H3,(H,35,38)(H2,30,32,33). The average molecular weight is 541 g/mol. The fourth-order valence-corrected chi connectivity index (χ4v) is 5.04. The van der Waals surface area contributed by atoms with Gasteiger partial charge in [-0.25, -0.2) is 24.3 Å². The molecule has 0 saturated heterocycles. The third-order valence-electron chi connectivity index (χ3n) is 6.64. The molecule has 40 heavy (non-hydrogen) atoms. The van der Waals surface area contributed by atoms with Crippen LogP contribution in [0.4, 0.5) is 27.4 Å². The Morgan fingerprint density at radius 2 is 1.98 bits per heavy atom. The number of amides is 1. The number of para-hydroxylation sites is 1. The Bertz CT molecular complexity index is 1790. The minimum atomic E-state index is -0.596. The number of nitrogen functional groups attached to an aromatic ring is 1. The summed E-state index contributed by atoms with van der Waals surface area (Å²) in [6.07, 6.45) is 2.96. The minimum Gasteiger partial charge on any atom is -0.492 e. The summed E-state index contributed by atoms with van der Waals surface area (Å²) < 4.78 is 28.9. The molecule has 11 nitrogen and oxygen atoms in total. The first-order valence-corrected chi connectivity index (χ1v) is 12.5. The van der Waals surface area contributed by atoms with Gasteiger partial charge in [0.1, 0.15) is 23.6 Å². The average Bonchev–Trinajstić information content (AvgIpc) is 3.49. The van der Waals surface area contributed by atoms with E-state index >= 15 is 4.39 Å². The fraction of sp³-hybridized carbons (Fsp3) is 0.179. The van der Waals surface area contributed by atoms with Crippen molar-refractivity contribution in [1.82, 2.24) is 24.5 Å². The largest absolute Gasteiger partial charge is 0.492 e. The number of nitrogens with two attached hydrogens (primary N) is 1. The Morgan fingerprint density at radius 1 is 1.12 bits per heavy atom. The molecule has 5 aromatic rings. The van der Waals surface area contributed by atoms with E-state index in [0.29, 0.717) is 52.4 Å². The molecular formula is C28H25FN8O3. The molecular weight excluding hydrogens is 515 g/mol. The van der Waals surface area contributed by atoms with E-state index in [-0.39, 0.29) is 23.5 Å². The maximum atomic E-state index is 15.5. The predicted octanol–water partition coefficient (Wildman–Crippen LogP) is 4.83. The quantitative estimate of drug-likeness (QED) is 0.311. The van der Waals surface area contributed by atoms with Gasteiger partial charge in [0, 0.05) is 37.5 Å².